The van der Waals surface area contributed by atoms with Gasteiger partial charge in [-0.05, 0) is 37.6 Å². The second-order valence-electron chi connectivity index (χ2n) is 4.26. The smallest absolute Gasteiger partial charge is 0.125 e. The first-order valence-electron chi connectivity index (χ1n) is 5.34. The van der Waals surface area contributed by atoms with Crippen LogP contribution in [0, 0.1) is 6.92 Å². The largest absolute Gasteiger partial charge is 0.496 e. The van der Waals surface area contributed by atoms with Crippen LogP contribution >= 0.6 is 11.6 Å². The minimum Gasteiger partial charge on any atom is -0.496 e. The SMILES string of the molecule is COc1cc(C)c(Cl)cc1C1(O)CCNC1. The molecule has 1 fully saturated rings. The van der Waals surface area contributed by atoms with Crippen molar-refractivity contribution < 1.29 is 9.84 Å². The maximum absolute atomic E-state index is 10.5. The Morgan fingerprint density at radius 3 is 2.81 bits per heavy atom. The van der Waals surface area contributed by atoms with Crippen LogP contribution in [0.15, 0.2) is 12.1 Å². The maximum Gasteiger partial charge on any atom is 0.125 e. The molecule has 0 amide bonds. The summed E-state index contributed by atoms with van der Waals surface area (Å²) in [6.07, 6.45) is 0.683. The van der Waals surface area contributed by atoms with Crippen molar-refractivity contribution in [1.82, 2.24) is 5.32 Å². The average molecular weight is 242 g/mol. The standard InChI is InChI=1S/C12H16ClNO2/c1-8-5-11(16-2)9(6-10(8)13)12(15)3-4-14-7-12/h5-6,14-15H,3-4,7H2,1-2H3. The number of ether oxygens (including phenoxy) is 1. The van der Waals surface area contributed by atoms with Gasteiger partial charge >= 0.3 is 0 Å². The van der Waals surface area contributed by atoms with E-state index in [1.54, 1.807) is 7.11 Å². The van der Waals surface area contributed by atoms with Gasteiger partial charge in [-0.1, -0.05) is 11.6 Å². The van der Waals surface area contributed by atoms with Gasteiger partial charge in [0.2, 0.25) is 0 Å². The monoisotopic (exact) mass is 241 g/mol. The van der Waals surface area contributed by atoms with Gasteiger partial charge in [0, 0.05) is 17.1 Å². The molecule has 1 aliphatic rings. The van der Waals surface area contributed by atoms with Crippen LogP contribution in [0.3, 0.4) is 0 Å². The summed E-state index contributed by atoms with van der Waals surface area (Å²) in [6.45, 7) is 3.28. The first-order chi connectivity index (χ1) is 7.57. The first kappa shape index (κ1) is 11.7. The van der Waals surface area contributed by atoms with E-state index in [9.17, 15) is 5.11 Å². The zero-order chi connectivity index (χ0) is 11.8. The predicted octanol–water partition coefficient (Wildman–Crippen LogP) is 1.84. The van der Waals surface area contributed by atoms with Crippen LogP contribution in [0.5, 0.6) is 5.75 Å². The van der Waals surface area contributed by atoms with Crippen molar-refractivity contribution in [3.63, 3.8) is 0 Å². The van der Waals surface area contributed by atoms with Crippen molar-refractivity contribution in [2.24, 2.45) is 0 Å². The summed E-state index contributed by atoms with van der Waals surface area (Å²) in [5.74, 6) is 0.702. The molecule has 4 heteroatoms. The second kappa shape index (κ2) is 4.24. The number of rotatable bonds is 2. The van der Waals surface area contributed by atoms with Crippen LogP contribution in [0.4, 0.5) is 0 Å². The highest BCUT2D eigenvalue weighted by Gasteiger charge is 2.35. The second-order valence-corrected chi connectivity index (χ2v) is 4.67. The van der Waals surface area contributed by atoms with Crippen LogP contribution in [0.2, 0.25) is 5.02 Å². The van der Waals surface area contributed by atoms with Crippen LogP contribution < -0.4 is 10.1 Å². The highest BCUT2D eigenvalue weighted by molar-refractivity contribution is 6.31. The molecule has 0 radical (unpaired) electrons. The zero-order valence-corrected chi connectivity index (χ0v) is 10.3. The van der Waals surface area contributed by atoms with Crippen LogP contribution in [-0.4, -0.2) is 25.3 Å². The molecule has 0 aromatic heterocycles. The van der Waals surface area contributed by atoms with E-state index in [2.05, 4.69) is 5.32 Å². The Kier molecular flexibility index (Phi) is 3.10. The van der Waals surface area contributed by atoms with Gasteiger partial charge in [0.15, 0.2) is 0 Å². The van der Waals surface area contributed by atoms with Gasteiger partial charge in [-0.15, -0.1) is 0 Å². The Morgan fingerprint density at radius 1 is 1.50 bits per heavy atom. The van der Waals surface area contributed by atoms with E-state index < -0.39 is 5.60 Å². The van der Waals surface area contributed by atoms with Gasteiger partial charge in [-0.3, -0.25) is 0 Å². The summed E-state index contributed by atoms with van der Waals surface area (Å²) in [7, 11) is 1.61. The van der Waals surface area contributed by atoms with Gasteiger partial charge in [0.05, 0.1) is 7.11 Å². The van der Waals surface area contributed by atoms with Crippen molar-refractivity contribution >= 4 is 11.6 Å². The number of aliphatic hydroxyl groups is 1. The van der Waals surface area contributed by atoms with E-state index >= 15 is 0 Å². The molecule has 0 saturated carbocycles. The lowest BCUT2D eigenvalue weighted by Crippen LogP contribution is -2.29. The van der Waals surface area contributed by atoms with E-state index in [1.165, 1.54) is 0 Å². The first-order valence-corrected chi connectivity index (χ1v) is 5.72. The van der Waals surface area contributed by atoms with Crippen LogP contribution in [-0.2, 0) is 5.60 Å². The third-order valence-corrected chi connectivity index (χ3v) is 3.52. The molecule has 1 aromatic rings. The highest BCUT2D eigenvalue weighted by Crippen LogP contribution is 2.37. The fourth-order valence-electron chi connectivity index (χ4n) is 2.10. The number of halogens is 1. The number of aryl methyl sites for hydroxylation is 1. The Hall–Kier alpha value is -0.770. The number of hydrogen-bond donors (Lipinski definition) is 2. The van der Waals surface area contributed by atoms with Crippen molar-refractivity contribution in [3.05, 3.63) is 28.3 Å². The molecule has 2 N–H and O–H groups in total. The third-order valence-electron chi connectivity index (χ3n) is 3.11. The lowest BCUT2D eigenvalue weighted by Gasteiger charge is -2.24. The summed E-state index contributed by atoms with van der Waals surface area (Å²) in [4.78, 5) is 0. The van der Waals surface area contributed by atoms with E-state index in [0.29, 0.717) is 23.7 Å². The number of β-amino-alcohol motifs (C(OH)–C–C–N with tert-alkyl or cyclic N) is 1. The van der Waals surface area contributed by atoms with Gasteiger partial charge < -0.3 is 15.2 Å². The van der Waals surface area contributed by atoms with Crippen molar-refractivity contribution in [3.8, 4) is 5.75 Å². The Balaban J connectivity index is 2.50. The summed E-state index contributed by atoms with van der Waals surface area (Å²) < 4.78 is 5.31. The molecule has 0 bridgehead atoms. The molecule has 1 heterocycles. The zero-order valence-electron chi connectivity index (χ0n) is 9.51. The molecule has 88 valence electrons. The third kappa shape index (κ3) is 1.90. The summed E-state index contributed by atoms with van der Waals surface area (Å²) in [6, 6.07) is 3.68. The molecule has 1 saturated heterocycles. The molecule has 0 aliphatic carbocycles. The fraction of sp³-hybridized carbons (Fsp3) is 0.500. The Labute approximate surface area is 100 Å². The molecular formula is C12H16ClNO2. The topological polar surface area (TPSA) is 41.5 Å². The van der Waals surface area contributed by atoms with Gasteiger partial charge in [-0.25, -0.2) is 0 Å². The number of nitrogens with one attached hydrogen (secondary N) is 1. The number of methoxy groups -OCH3 is 1. The number of benzene rings is 1. The summed E-state index contributed by atoms with van der Waals surface area (Å²) in [5.41, 5.74) is 0.871. The molecule has 1 aromatic carbocycles. The minimum atomic E-state index is -0.858. The Bertz CT molecular complexity index is 400. The highest BCUT2D eigenvalue weighted by atomic mass is 35.5. The summed E-state index contributed by atoms with van der Waals surface area (Å²) >= 11 is 6.10. The predicted molar refractivity (Wildman–Crippen MR) is 64.1 cm³/mol. The molecule has 16 heavy (non-hydrogen) atoms. The quantitative estimate of drug-likeness (QED) is 0.830. The van der Waals surface area contributed by atoms with E-state index in [1.807, 2.05) is 19.1 Å². The van der Waals surface area contributed by atoms with Gasteiger partial charge in [0.1, 0.15) is 11.4 Å². The van der Waals surface area contributed by atoms with E-state index in [0.717, 1.165) is 17.7 Å². The Morgan fingerprint density at radius 2 is 2.25 bits per heavy atom. The van der Waals surface area contributed by atoms with Gasteiger partial charge in [0.25, 0.3) is 0 Å². The van der Waals surface area contributed by atoms with Crippen LogP contribution in [0.25, 0.3) is 0 Å². The molecule has 3 nitrogen and oxygen atoms in total. The normalized spacial score (nSPS) is 24.8. The molecule has 1 aliphatic heterocycles. The van der Waals surface area contributed by atoms with Crippen molar-refractivity contribution in [2.45, 2.75) is 18.9 Å². The van der Waals surface area contributed by atoms with Crippen molar-refractivity contribution in [1.29, 1.82) is 0 Å². The van der Waals surface area contributed by atoms with Crippen LogP contribution in [0.1, 0.15) is 17.5 Å². The average Bonchev–Trinajstić information content (AvgIpc) is 2.69. The molecular weight excluding hydrogens is 226 g/mol. The summed E-state index contributed by atoms with van der Waals surface area (Å²) in [5, 5.41) is 14.3. The number of hydrogen-bond acceptors (Lipinski definition) is 3. The molecule has 2 rings (SSSR count). The maximum atomic E-state index is 10.5. The van der Waals surface area contributed by atoms with E-state index in [4.69, 9.17) is 16.3 Å². The van der Waals surface area contributed by atoms with E-state index in [-0.39, 0.29) is 0 Å². The van der Waals surface area contributed by atoms with Gasteiger partial charge in [-0.2, -0.15) is 0 Å². The molecule has 1 atom stereocenters. The molecule has 0 spiro atoms. The fourth-order valence-corrected chi connectivity index (χ4v) is 2.26. The lowest BCUT2D eigenvalue weighted by atomic mass is 9.91. The lowest BCUT2D eigenvalue weighted by molar-refractivity contribution is 0.0560. The minimum absolute atomic E-state index is 0.544. The van der Waals surface area contributed by atoms with Crippen molar-refractivity contribution in [2.75, 3.05) is 20.2 Å². The molecule has 1 unspecified atom stereocenters.